The van der Waals surface area contributed by atoms with Gasteiger partial charge in [-0.15, -0.1) is 11.3 Å². The normalized spacial score (nSPS) is 30.9. The molecule has 4 nitrogen and oxygen atoms in total. The maximum absolute atomic E-state index is 5.80. The SMILES string of the molecule is CN1CCOC(c2nc(C3CCCN3)cs2)C1. The molecule has 94 valence electrons. The van der Waals surface area contributed by atoms with E-state index < -0.39 is 0 Å². The highest BCUT2D eigenvalue weighted by Gasteiger charge is 2.25. The van der Waals surface area contributed by atoms with E-state index >= 15 is 0 Å². The summed E-state index contributed by atoms with van der Waals surface area (Å²) in [5.74, 6) is 0. The van der Waals surface area contributed by atoms with Crippen LogP contribution in [0.3, 0.4) is 0 Å². The lowest BCUT2D eigenvalue weighted by atomic mass is 10.2. The van der Waals surface area contributed by atoms with Crippen LogP contribution in [0.4, 0.5) is 0 Å². The van der Waals surface area contributed by atoms with Crippen molar-refractivity contribution in [3.05, 3.63) is 16.1 Å². The standard InChI is InChI=1S/C12H19N3OS/c1-15-5-6-16-11(7-15)12-14-10(8-17-12)9-3-2-4-13-9/h8-9,11,13H,2-7H2,1H3. The van der Waals surface area contributed by atoms with E-state index in [1.807, 2.05) is 0 Å². The van der Waals surface area contributed by atoms with Gasteiger partial charge in [0.2, 0.25) is 0 Å². The van der Waals surface area contributed by atoms with Crippen LogP contribution in [-0.2, 0) is 4.74 Å². The number of rotatable bonds is 2. The molecule has 2 aliphatic heterocycles. The van der Waals surface area contributed by atoms with Crippen LogP contribution >= 0.6 is 11.3 Å². The summed E-state index contributed by atoms with van der Waals surface area (Å²) in [6.07, 6.45) is 2.66. The van der Waals surface area contributed by atoms with Crippen LogP contribution in [-0.4, -0.2) is 43.2 Å². The first-order valence-corrected chi connectivity index (χ1v) is 7.20. The Labute approximate surface area is 106 Å². The Hall–Kier alpha value is -0.490. The van der Waals surface area contributed by atoms with Gasteiger partial charge in [0.05, 0.1) is 18.3 Å². The van der Waals surface area contributed by atoms with Crippen molar-refractivity contribution in [1.82, 2.24) is 15.2 Å². The fraction of sp³-hybridized carbons (Fsp3) is 0.750. The fourth-order valence-corrected chi connectivity index (χ4v) is 3.38. The van der Waals surface area contributed by atoms with Gasteiger partial charge in [-0.3, -0.25) is 0 Å². The van der Waals surface area contributed by atoms with Crippen molar-refractivity contribution in [2.45, 2.75) is 25.0 Å². The highest BCUT2D eigenvalue weighted by atomic mass is 32.1. The highest BCUT2D eigenvalue weighted by molar-refractivity contribution is 7.09. The monoisotopic (exact) mass is 253 g/mol. The van der Waals surface area contributed by atoms with Crippen molar-refractivity contribution in [1.29, 1.82) is 0 Å². The third-order valence-corrected chi connectivity index (χ3v) is 4.46. The van der Waals surface area contributed by atoms with E-state index in [9.17, 15) is 0 Å². The first-order chi connectivity index (χ1) is 8.33. The van der Waals surface area contributed by atoms with Gasteiger partial charge in [0, 0.05) is 18.5 Å². The van der Waals surface area contributed by atoms with Crippen molar-refractivity contribution in [2.75, 3.05) is 33.3 Å². The average Bonchev–Trinajstić information content (AvgIpc) is 3.00. The van der Waals surface area contributed by atoms with Crippen molar-refractivity contribution < 1.29 is 4.74 Å². The Balaban J connectivity index is 1.70. The van der Waals surface area contributed by atoms with Crippen LogP contribution in [0.1, 0.15) is 35.7 Å². The molecule has 1 aromatic rings. The van der Waals surface area contributed by atoms with Crippen LogP contribution in [0.2, 0.25) is 0 Å². The molecule has 2 atom stereocenters. The number of likely N-dealkylation sites (N-methyl/N-ethyl adjacent to an activating group) is 1. The van der Waals surface area contributed by atoms with Crippen molar-refractivity contribution in [3.8, 4) is 0 Å². The lowest BCUT2D eigenvalue weighted by Gasteiger charge is -2.28. The molecule has 2 saturated heterocycles. The molecule has 0 saturated carbocycles. The van der Waals surface area contributed by atoms with Gasteiger partial charge in [0.25, 0.3) is 0 Å². The number of nitrogens with zero attached hydrogens (tertiary/aromatic N) is 2. The fourth-order valence-electron chi connectivity index (χ4n) is 2.47. The van der Waals surface area contributed by atoms with Gasteiger partial charge in [-0.1, -0.05) is 0 Å². The van der Waals surface area contributed by atoms with Gasteiger partial charge >= 0.3 is 0 Å². The molecule has 2 aliphatic rings. The Morgan fingerprint density at radius 1 is 1.59 bits per heavy atom. The van der Waals surface area contributed by atoms with Gasteiger partial charge < -0.3 is 15.0 Å². The number of ether oxygens (including phenoxy) is 1. The van der Waals surface area contributed by atoms with E-state index in [4.69, 9.17) is 9.72 Å². The molecule has 3 rings (SSSR count). The molecule has 0 aliphatic carbocycles. The second-order valence-electron chi connectivity index (χ2n) is 4.88. The number of hydrogen-bond donors (Lipinski definition) is 1. The first kappa shape index (κ1) is 11.6. The Bertz CT molecular complexity index is 376. The molecule has 0 radical (unpaired) electrons. The summed E-state index contributed by atoms with van der Waals surface area (Å²) in [5.41, 5.74) is 1.21. The van der Waals surface area contributed by atoms with Crippen LogP contribution in [0.15, 0.2) is 5.38 Å². The maximum atomic E-state index is 5.80. The Morgan fingerprint density at radius 3 is 3.29 bits per heavy atom. The minimum absolute atomic E-state index is 0.175. The minimum Gasteiger partial charge on any atom is -0.368 e. The van der Waals surface area contributed by atoms with Gasteiger partial charge in [-0.05, 0) is 26.4 Å². The summed E-state index contributed by atoms with van der Waals surface area (Å²) in [6, 6.07) is 0.473. The molecule has 5 heteroatoms. The van der Waals surface area contributed by atoms with Crippen molar-refractivity contribution in [2.24, 2.45) is 0 Å². The second-order valence-corrected chi connectivity index (χ2v) is 5.77. The summed E-state index contributed by atoms with van der Waals surface area (Å²) >= 11 is 1.74. The summed E-state index contributed by atoms with van der Waals surface area (Å²) in [6.45, 7) is 3.93. The number of thiazole rings is 1. The van der Waals surface area contributed by atoms with Gasteiger partial charge in [-0.2, -0.15) is 0 Å². The molecule has 2 unspecified atom stereocenters. The van der Waals surface area contributed by atoms with Gasteiger partial charge in [0.1, 0.15) is 11.1 Å². The lowest BCUT2D eigenvalue weighted by Crippen LogP contribution is -2.35. The van der Waals surface area contributed by atoms with E-state index in [2.05, 4.69) is 22.6 Å². The van der Waals surface area contributed by atoms with Gasteiger partial charge in [-0.25, -0.2) is 4.98 Å². The van der Waals surface area contributed by atoms with E-state index in [1.54, 1.807) is 11.3 Å². The smallest absolute Gasteiger partial charge is 0.123 e. The molecular formula is C12H19N3OS. The summed E-state index contributed by atoms with van der Waals surface area (Å²) in [4.78, 5) is 7.06. The van der Waals surface area contributed by atoms with Crippen LogP contribution in [0.5, 0.6) is 0 Å². The molecule has 2 fully saturated rings. The van der Waals surface area contributed by atoms with Crippen molar-refractivity contribution >= 4 is 11.3 Å². The molecule has 1 N–H and O–H groups in total. The van der Waals surface area contributed by atoms with Gasteiger partial charge in [0.15, 0.2) is 0 Å². The lowest BCUT2D eigenvalue weighted by molar-refractivity contribution is -0.0210. The Morgan fingerprint density at radius 2 is 2.53 bits per heavy atom. The summed E-state index contributed by atoms with van der Waals surface area (Å²) in [5, 5.41) is 6.82. The quantitative estimate of drug-likeness (QED) is 0.868. The summed E-state index contributed by atoms with van der Waals surface area (Å²) in [7, 11) is 2.14. The third-order valence-electron chi connectivity index (χ3n) is 3.50. The topological polar surface area (TPSA) is 37.4 Å². The zero-order valence-corrected chi connectivity index (χ0v) is 11.0. The van der Waals surface area contributed by atoms with E-state index in [0.717, 1.165) is 31.2 Å². The van der Waals surface area contributed by atoms with Crippen LogP contribution < -0.4 is 5.32 Å². The number of hydrogen-bond acceptors (Lipinski definition) is 5. The molecule has 1 aromatic heterocycles. The highest BCUT2D eigenvalue weighted by Crippen LogP contribution is 2.29. The van der Waals surface area contributed by atoms with E-state index in [0.29, 0.717) is 6.04 Å². The number of aromatic nitrogens is 1. The second kappa shape index (κ2) is 5.02. The number of morpholine rings is 1. The summed E-state index contributed by atoms with van der Waals surface area (Å²) < 4.78 is 5.80. The number of nitrogens with one attached hydrogen (secondary N) is 1. The van der Waals surface area contributed by atoms with E-state index in [1.165, 1.54) is 18.5 Å². The molecule has 17 heavy (non-hydrogen) atoms. The minimum atomic E-state index is 0.175. The maximum Gasteiger partial charge on any atom is 0.123 e. The molecule has 0 amide bonds. The predicted molar refractivity (Wildman–Crippen MR) is 68.3 cm³/mol. The molecule has 0 aromatic carbocycles. The van der Waals surface area contributed by atoms with E-state index in [-0.39, 0.29) is 6.10 Å². The first-order valence-electron chi connectivity index (χ1n) is 6.32. The molecular weight excluding hydrogens is 234 g/mol. The largest absolute Gasteiger partial charge is 0.368 e. The zero-order chi connectivity index (χ0) is 11.7. The zero-order valence-electron chi connectivity index (χ0n) is 10.2. The van der Waals surface area contributed by atoms with Crippen LogP contribution in [0, 0.1) is 0 Å². The Kier molecular flexibility index (Phi) is 3.42. The van der Waals surface area contributed by atoms with Crippen LogP contribution in [0.25, 0.3) is 0 Å². The predicted octanol–water partition coefficient (Wildman–Crippen LogP) is 1.57. The molecule has 0 bridgehead atoms. The average molecular weight is 253 g/mol. The molecule has 3 heterocycles. The third kappa shape index (κ3) is 2.52. The van der Waals surface area contributed by atoms with Crippen molar-refractivity contribution in [3.63, 3.8) is 0 Å². The molecule has 0 spiro atoms.